The van der Waals surface area contributed by atoms with Crippen molar-refractivity contribution in [1.82, 2.24) is 24.2 Å². The predicted molar refractivity (Wildman–Crippen MR) is 133 cm³/mol. The van der Waals surface area contributed by atoms with Gasteiger partial charge in [-0.05, 0) is 29.7 Å². The molecule has 35 heavy (non-hydrogen) atoms. The largest absolute Gasteiger partial charge is 0.465 e. The van der Waals surface area contributed by atoms with Crippen LogP contribution in [0.4, 0.5) is 4.79 Å². The summed E-state index contributed by atoms with van der Waals surface area (Å²) >= 11 is 12.2. The zero-order valence-electron chi connectivity index (χ0n) is 19.4. The summed E-state index contributed by atoms with van der Waals surface area (Å²) in [5, 5.41) is 21.1. The van der Waals surface area contributed by atoms with Gasteiger partial charge in [-0.3, -0.25) is 0 Å². The van der Waals surface area contributed by atoms with E-state index in [-0.39, 0.29) is 24.7 Å². The molecule has 3 aromatic rings. The molecule has 0 aliphatic heterocycles. The molecule has 3 rings (SSSR count). The normalized spacial score (nSPS) is 14.1. The Morgan fingerprint density at radius 1 is 1.20 bits per heavy atom. The van der Waals surface area contributed by atoms with Gasteiger partial charge in [0.2, 0.25) is 0 Å². The average Bonchev–Trinajstić information content (AvgIpc) is 3.16. The van der Waals surface area contributed by atoms with Gasteiger partial charge in [0.1, 0.15) is 0 Å². The molecule has 0 radical (unpaired) electrons. The van der Waals surface area contributed by atoms with Crippen LogP contribution in [0.25, 0.3) is 11.0 Å². The van der Waals surface area contributed by atoms with Gasteiger partial charge in [0, 0.05) is 19.3 Å². The van der Waals surface area contributed by atoms with Crippen molar-refractivity contribution in [2.45, 2.75) is 44.5 Å². The van der Waals surface area contributed by atoms with E-state index in [4.69, 9.17) is 23.2 Å². The number of sulfonamides is 1. The monoisotopic (exact) mass is 543 g/mol. The van der Waals surface area contributed by atoms with Crippen LogP contribution in [0.5, 0.6) is 0 Å². The number of fused-ring (bicyclic) bond motifs is 1. The molecule has 1 amide bonds. The summed E-state index contributed by atoms with van der Waals surface area (Å²) < 4.78 is 28.8. The van der Waals surface area contributed by atoms with Gasteiger partial charge in [-0.2, -0.15) is 0 Å². The maximum atomic E-state index is 12.4. The molecule has 2 aromatic heterocycles. The molecule has 13 heteroatoms. The van der Waals surface area contributed by atoms with Crippen LogP contribution in [-0.2, 0) is 16.6 Å². The molecule has 190 valence electrons. The molecule has 0 unspecified atom stereocenters. The van der Waals surface area contributed by atoms with E-state index in [1.807, 2.05) is 20.8 Å². The summed E-state index contributed by atoms with van der Waals surface area (Å²) in [6, 6.07) is 7.12. The summed E-state index contributed by atoms with van der Waals surface area (Å²) in [5.74, 6) is 0. The first-order valence-electron chi connectivity index (χ1n) is 10.7. The van der Waals surface area contributed by atoms with Crippen molar-refractivity contribution in [1.29, 1.82) is 0 Å². The molecule has 2 atom stereocenters. The quantitative estimate of drug-likeness (QED) is 0.375. The molecular weight excluding hydrogens is 517 g/mol. The van der Waals surface area contributed by atoms with Gasteiger partial charge >= 0.3 is 6.09 Å². The Balaban J connectivity index is 1.80. The highest BCUT2D eigenvalue weighted by atomic mass is 35.5. The van der Waals surface area contributed by atoms with Crippen LogP contribution in [0.2, 0.25) is 10.0 Å². The zero-order valence-corrected chi connectivity index (χ0v) is 21.7. The second-order valence-corrected chi connectivity index (χ2v) is 11.7. The average molecular weight is 544 g/mol. The Morgan fingerprint density at radius 2 is 1.89 bits per heavy atom. The third kappa shape index (κ3) is 6.62. The lowest BCUT2D eigenvalue weighted by Gasteiger charge is -2.39. The van der Waals surface area contributed by atoms with E-state index >= 15 is 0 Å². The van der Waals surface area contributed by atoms with Crippen molar-refractivity contribution in [2.24, 2.45) is 5.41 Å². The molecule has 0 saturated heterocycles. The first-order valence-corrected chi connectivity index (χ1v) is 12.9. The number of nitrogens with zero attached hydrogens (tertiary/aromatic N) is 4. The molecule has 0 bridgehead atoms. The van der Waals surface area contributed by atoms with Crippen molar-refractivity contribution in [3.05, 3.63) is 52.9 Å². The third-order valence-corrected chi connectivity index (χ3v) is 7.54. The number of carbonyl (C=O) groups is 1. The highest BCUT2D eigenvalue weighted by Crippen LogP contribution is 2.30. The fraction of sp³-hybridized carbons (Fsp3) is 0.409. The third-order valence-electron chi connectivity index (χ3n) is 5.48. The second-order valence-electron chi connectivity index (χ2n) is 9.14. The lowest BCUT2D eigenvalue weighted by Crippen LogP contribution is -2.53. The second kappa shape index (κ2) is 10.7. The number of hydrogen-bond donors (Lipinski definition) is 3. The number of amides is 1. The number of rotatable bonds is 9. The van der Waals surface area contributed by atoms with Crippen LogP contribution in [0.3, 0.4) is 0 Å². The Bertz CT molecular complexity index is 1290. The number of aliphatic hydroxyl groups excluding tert-OH is 1. The zero-order chi connectivity index (χ0) is 26.0. The molecule has 0 fully saturated rings. The number of hydrogen-bond acceptors (Lipinski definition) is 6. The summed E-state index contributed by atoms with van der Waals surface area (Å²) in [7, 11) is -3.96. The molecular formula is C22H27Cl2N5O5S. The predicted octanol–water partition coefficient (Wildman–Crippen LogP) is 3.47. The number of pyridine rings is 1. The molecule has 0 aliphatic rings. The van der Waals surface area contributed by atoms with E-state index in [0.29, 0.717) is 21.1 Å². The number of aliphatic hydroxyl groups is 1. The number of carboxylic acid groups (broad SMARTS) is 1. The van der Waals surface area contributed by atoms with Crippen LogP contribution in [-0.4, -0.2) is 69.4 Å². The molecule has 3 N–H and O–H groups in total. The van der Waals surface area contributed by atoms with Crippen LogP contribution in [0.1, 0.15) is 20.8 Å². The minimum Gasteiger partial charge on any atom is -0.465 e. The van der Waals surface area contributed by atoms with Gasteiger partial charge in [0.25, 0.3) is 10.0 Å². The smallest absolute Gasteiger partial charge is 0.407 e. The molecule has 2 heterocycles. The number of nitrogens with one attached hydrogen (secondary N) is 1. The SMILES string of the molecule is CC(C)(C)[C@@H](Cn1cnc2cc(Cl)c(Cl)cc21)N(C[C@@H](O)CNS(=O)(=O)c1ccccn1)C(=O)O. The molecule has 0 saturated carbocycles. The van der Waals surface area contributed by atoms with Crippen molar-refractivity contribution in [3.8, 4) is 0 Å². The Morgan fingerprint density at radius 3 is 2.49 bits per heavy atom. The highest BCUT2D eigenvalue weighted by Gasteiger charge is 2.35. The number of benzene rings is 1. The summed E-state index contributed by atoms with van der Waals surface area (Å²) in [6.07, 6.45) is 0.365. The first-order chi connectivity index (χ1) is 16.3. The maximum Gasteiger partial charge on any atom is 0.407 e. The fourth-order valence-electron chi connectivity index (χ4n) is 3.64. The van der Waals surface area contributed by atoms with Crippen molar-refractivity contribution in [3.63, 3.8) is 0 Å². The van der Waals surface area contributed by atoms with Crippen LogP contribution < -0.4 is 4.72 Å². The van der Waals surface area contributed by atoms with Crippen molar-refractivity contribution in [2.75, 3.05) is 13.1 Å². The molecule has 1 aromatic carbocycles. The van der Waals surface area contributed by atoms with E-state index in [2.05, 4.69) is 14.7 Å². The number of aromatic nitrogens is 3. The molecule has 0 aliphatic carbocycles. The lowest BCUT2D eigenvalue weighted by molar-refractivity contribution is 0.0399. The van der Waals surface area contributed by atoms with Crippen molar-refractivity contribution < 1.29 is 23.4 Å². The number of imidazole rings is 1. The van der Waals surface area contributed by atoms with Gasteiger partial charge in [0.15, 0.2) is 5.03 Å². The van der Waals surface area contributed by atoms with Gasteiger partial charge in [-0.25, -0.2) is 27.9 Å². The van der Waals surface area contributed by atoms with Crippen LogP contribution >= 0.6 is 23.2 Å². The van der Waals surface area contributed by atoms with E-state index in [1.165, 1.54) is 18.3 Å². The van der Waals surface area contributed by atoms with Gasteiger partial charge in [0.05, 0.1) is 46.1 Å². The van der Waals surface area contributed by atoms with Crippen LogP contribution in [0.15, 0.2) is 47.9 Å². The van der Waals surface area contributed by atoms with Gasteiger partial charge in [-0.1, -0.05) is 50.0 Å². The van der Waals surface area contributed by atoms with E-state index in [0.717, 1.165) is 4.90 Å². The topological polar surface area (TPSA) is 138 Å². The minimum absolute atomic E-state index is 0.194. The van der Waals surface area contributed by atoms with Crippen LogP contribution in [0, 0.1) is 5.41 Å². The first kappa shape index (κ1) is 27.2. The Hall–Kier alpha value is -2.44. The van der Waals surface area contributed by atoms with E-state index < -0.39 is 33.7 Å². The highest BCUT2D eigenvalue weighted by molar-refractivity contribution is 7.89. The Labute approximate surface area is 213 Å². The van der Waals surface area contributed by atoms with Crippen molar-refractivity contribution >= 4 is 50.4 Å². The summed E-state index contributed by atoms with van der Waals surface area (Å²) in [4.78, 5) is 21.5. The summed E-state index contributed by atoms with van der Waals surface area (Å²) in [6.45, 7) is 5.16. The maximum absolute atomic E-state index is 12.4. The molecule has 0 spiro atoms. The number of halogens is 2. The standard InChI is InChI=1S/C22H27Cl2N5O5S/c1-22(2,3)19(12-28-13-26-17-8-15(23)16(24)9-18(17)28)29(21(31)32)11-14(30)10-27-35(33,34)20-6-4-5-7-25-20/h4-9,13-14,19,27,30H,10-12H2,1-3H3,(H,31,32)/t14-,19+/m0/s1. The Kier molecular flexibility index (Phi) is 8.28. The summed E-state index contributed by atoms with van der Waals surface area (Å²) in [5.41, 5.74) is 0.749. The lowest BCUT2D eigenvalue weighted by atomic mass is 9.85. The molecule has 10 nitrogen and oxygen atoms in total. The minimum atomic E-state index is -3.96. The van der Waals surface area contributed by atoms with E-state index in [9.17, 15) is 23.4 Å². The van der Waals surface area contributed by atoms with Gasteiger partial charge in [-0.15, -0.1) is 0 Å². The van der Waals surface area contributed by atoms with E-state index in [1.54, 1.807) is 29.1 Å². The van der Waals surface area contributed by atoms with Gasteiger partial charge < -0.3 is 19.7 Å². The fourth-order valence-corrected chi connectivity index (χ4v) is 4.97.